The molecule has 2 atom stereocenters. The maximum absolute atomic E-state index is 5.63. The van der Waals surface area contributed by atoms with Crippen LogP contribution in [-0.4, -0.2) is 6.54 Å². The van der Waals surface area contributed by atoms with Crippen LogP contribution in [0.25, 0.3) is 0 Å². The molecule has 0 bridgehead atoms. The largest absolute Gasteiger partial charge is 0.330 e. The molecule has 0 saturated heterocycles. The predicted molar refractivity (Wildman–Crippen MR) is 44.7 cm³/mol. The molecule has 0 spiro atoms. The first kappa shape index (κ1) is 7.80. The van der Waals surface area contributed by atoms with E-state index in [4.69, 9.17) is 5.73 Å². The van der Waals surface area contributed by atoms with Crippen LogP contribution in [0.5, 0.6) is 0 Å². The van der Waals surface area contributed by atoms with E-state index in [1.807, 2.05) is 0 Å². The molecule has 2 N–H and O–H groups in total. The molecule has 1 heteroatoms. The van der Waals surface area contributed by atoms with E-state index in [1.54, 1.807) is 0 Å². The molecule has 1 rings (SSSR count). The Kier molecular flexibility index (Phi) is 2.50. The molecule has 0 aromatic heterocycles. The summed E-state index contributed by atoms with van der Waals surface area (Å²) in [6.07, 6.45) is 4.79. The van der Waals surface area contributed by atoms with E-state index in [2.05, 4.69) is 19.9 Å². The van der Waals surface area contributed by atoms with Gasteiger partial charge in [-0.2, -0.15) is 0 Å². The molecule has 1 nitrogen and oxygen atoms in total. The van der Waals surface area contributed by atoms with Gasteiger partial charge >= 0.3 is 0 Å². The molecular formula is C9H17N. The average molecular weight is 139 g/mol. The van der Waals surface area contributed by atoms with Gasteiger partial charge in [-0.15, -0.1) is 0 Å². The Bertz CT molecular complexity index is 138. The Morgan fingerprint density at radius 3 is 2.90 bits per heavy atom. The van der Waals surface area contributed by atoms with Gasteiger partial charge in [0.1, 0.15) is 0 Å². The van der Waals surface area contributed by atoms with Gasteiger partial charge in [0.2, 0.25) is 0 Å². The third-order valence-corrected chi connectivity index (χ3v) is 2.53. The second kappa shape index (κ2) is 3.20. The Balaban J connectivity index is 2.53. The van der Waals surface area contributed by atoms with Gasteiger partial charge in [0.15, 0.2) is 0 Å². The van der Waals surface area contributed by atoms with E-state index >= 15 is 0 Å². The molecule has 58 valence electrons. The maximum atomic E-state index is 5.63. The van der Waals surface area contributed by atoms with Crippen molar-refractivity contribution in [3.63, 3.8) is 0 Å². The quantitative estimate of drug-likeness (QED) is 0.552. The van der Waals surface area contributed by atoms with Crippen LogP contribution in [0.15, 0.2) is 11.6 Å². The summed E-state index contributed by atoms with van der Waals surface area (Å²) in [5, 5.41) is 0. The van der Waals surface area contributed by atoms with Crippen LogP contribution in [0.1, 0.15) is 26.7 Å². The highest BCUT2D eigenvalue weighted by Gasteiger charge is 2.18. The first-order valence-electron chi connectivity index (χ1n) is 4.09. The van der Waals surface area contributed by atoms with Gasteiger partial charge in [0, 0.05) is 0 Å². The van der Waals surface area contributed by atoms with Gasteiger partial charge in [0.25, 0.3) is 0 Å². The Morgan fingerprint density at radius 1 is 1.70 bits per heavy atom. The number of nitrogens with two attached hydrogens (primary N) is 1. The topological polar surface area (TPSA) is 26.0 Å². The molecule has 0 aromatic carbocycles. The summed E-state index contributed by atoms with van der Waals surface area (Å²) in [6, 6.07) is 0. The third kappa shape index (κ3) is 1.60. The van der Waals surface area contributed by atoms with E-state index in [1.165, 1.54) is 18.4 Å². The van der Waals surface area contributed by atoms with E-state index in [9.17, 15) is 0 Å². The fraction of sp³-hybridized carbons (Fsp3) is 0.778. The van der Waals surface area contributed by atoms with Gasteiger partial charge in [-0.05, 0) is 38.1 Å². The van der Waals surface area contributed by atoms with Gasteiger partial charge in [-0.1, -0.05) is 18.6 Å². The highest BCUT2D eigenvalue weighted by molar-refractivity contribution is 5.05. The van der Waals surface area contributed by atoms with Gasteiger partial charge in [0.05, 0.1) is 0 Å². The Morgan fingerprint density at radius 2 is 2.40 bits per heavy atom. The summed E-state index contributed by atoms with van der Waals surface area (Å²) in [7, 11) is 0. The van der Waals surface area contributed by atoms with Crippen LogP contribution in [-0.2, 0) is 0 Å². The molecule has 2 unspecified atom stereocenters. The summed E-state index contributed by atoms with van der Waals surface area (Å²) in [4.78, 5) is 0. The molecule has 0 saturated carbocycles. The molecular weight excluding hydrogens is 122 g/mol. The molecule has 1 aliphatic carbocycles. The van der Waals surface area contributed by atoms with Crippen LogP contribution < -0.4 is 5.73 Å². The average Bonchev–Trinajstić information content (AvgIpc) is 1.94. The standard InChI is InChI=1S/C9H17N/c1-7-3-4-8(2)9(5-7)6-10/h3,8-9H,4-6,10H2,1-2H3. The van der Waals surface area contributed by atoms with Gasteiger partial charge in [-0.25, -0.2) is 0 Å². The number of rotatable bonds is 1. The van der Waals surface area contributed by atoms with Crippen molar-refractivity contribution in [1.29, 1.82) is 0 Å². The van der Waals surface area contributed by atoms with Crippen LogP contribution in [0.4, 0.5) is 0 Å². The molecule has 0 radical (unpaired) electrons. The first-order chi connectivity index (χ1) is 4.74. The number of hydrogen-bond donors (Lipinski definition) is 1. The zero-order valence-corrected chi connectivity index (χ0v) is 6.93. The van der Waals surface area contributed by atoms with Crippen molar-refractivity contribution in [3.05, 3.63) is 11.6 Å². The van der Waals surface area contributed by atoms with Crippen molar-refractivity contribution in [2.75, 3.05) is 6.54 Å². The normalized spacial score (nSPS) is 33.7. The lowest BCUT2D eigenvalue weighted by molar-refractivity contribution is 0.349. The predicted octanol–water partition coefficient (Wildman–Crippen LogP) is 1.94. The lowest BCUT2D eigenvalue weighted by Gasteiger charge is -2.26. The van der Waals surface area contributed by atoms with Crippen LogP contribution in [0.2, 0.25) is 0 Å². The first-order valence-corrected chi connectivity index (χ1v) is 4.09. The minimum atomic E-state index is 0.741. The summed E-state index contributed by atoms with van der Waals surface area (Å²) in [6.45, 7) is 5.35. The van der Waals surface area contributed by atoms with Crippen LogP contribution in [0.3, 0.4) is 0 Å². The molecule has 1 aliphatic rings. The number of allylic oxidation sites excluding steroid dienone is 2. The maximum Gasteiger partial charge on any atom is -0.00431 e. The molecule has 0 heterocycles. The van der Waals surface area contributed by atoms with E-state index < -0.39 is 0 Å². The highest BCUT2D eigenvalue weighted by Crippen LogP contribution is 2.27. The Hall–Kier alpha value is -0.300. The zero-order chi connectivity index (χ0) is 7.56. The molecule has 0 aliphatic heterocycles. The van der Waals surface area contributed by atoms with Crippen LogP contribution in [0, 0.1) is 11.8 Å². The molecule has 0 fully saturated rings. The lowest BCUT2D eigenvalue weighted by atomic mass is 9.81. The third-order valence-electron chi connectivity index (χ3n) is 2.53. The second-order valence-corrected chi connectivity index (χ2v) is 3.46. The van der Waals surface area contributed by atoms with Crippen molar-refractivity contribution < 1.29 is 0 Å². The molecule has 0 amide bonds. The number of hydrogen-bond acceptors (Lipinski definition) is 1. The fourth-order valence-corrected chi connectivity index (χ4v) is 1.59. The van der Waals surface area contributed by atoms with Crippen molar-refractivity contribution in [2.24, 2.45) is 17.6 Å². The highest BCUT2D eigenvalue weighted by atomic mass is 14.6. The SMILES string of the molecule is CC1=CCC(C)C(CN)C1. The zero-order valence-electron chi connectivity index (χ0n) is 6.93. The van der Waals surface area contributed by atoms with E-state index in [-0.39, 0.29) is 0 Å². The summed E-state index contributed by atoms with van der Waals surface area (Å²) < 4.78 is 0. The Labute approximate surface area is 63.3 Å². The molecule has 10 heavy (non-hydrogen) atoms. The van der Waals surface area contributed by atoms with Crippen LogP contribution >= 0.6 is 0 Å². The second-order valence-electron chi connectivity index (χ2n) is 3.46. The smallest absolute Gasteiger partial charge is 0.00431 e. The summed E-state index contributed by atoms with van der Waals surface area (Å²) in [5.74, 6) is 1.54. The van der Waals surface area contributed by atoms with Crippen molar-refractivity contribution in [2.45, 2.75) is 26.7 Å². The van der Waals surface area contributed by atoms with Gasteiger partial charge < -0.3 is 5.73 Å². The van der Waals surface area contributed by atoms with Gasteiger partial charge in [-0.3, -0.25) is 0 Å². The molecule has 0 aromatic rings. The van der Waals surface area contributed by atoms with Crippen molar-refractivity contribution >= 4 is 0 Å². The van der Waals surface area contributed by atoms with E-state index in [0.29, 0.717) is 0 Å². The fourth-order valence-electron chi connectivity index (χ4n) is 1.59. The monoisotopic (exact) mass is 139 g/mol. The van der Waals surface area contributed by atoms with E-state index in [0.717, 1.165) is 18.4 Å². The minimum absolute atomic E-state index is 0.741. The lowest BCUT2D eigenvalue weighted by Crippen LogP contribution is -2.23. The summed E-state index contributed by atoms with van der Waals surface area (Å²) >= 11 is 0. The van der Waals surface area contributed by atoms with Crippen molar-refractivity contribution in [3.8, 4) is 0 Å². The summed E-state index contributed by atoms with van der Waals surface area (Å²) in [5.41, 5.74) is 7.15. The van der Waals surface area contributed by atoms with Crippen molar-refractivity contribution in [1.82, 2.24) is 0 Å². The minimum Gasteiger partial charge on any atom is -0.330 e.